The van der Waals surface area contributed by atoms with Crippen LogP contribution in [0, 0.1) is 16.0 Å². The minimum absolute atomic E-state index is 0.0557. The number of nitrogens with one attached hydrogen (secondary N) is 2. The number of nitrogens with zero attached hydrogens (tertiary/aromatic N) is 1. The Morgan fingerprint density at radius 3 is 2.90 bits per heavy atom. The fraction of sp³-hybridized carbons (Fsp3) is 0.462. The minimum Gasteiger partial charge on any atom is -0.497 e. The maximum Gasteiger partial charge on any atom is 0.282 e. The highest BCUT2D eigenvalue weighted by Gasteiger charge is 2.27. The van der Waals surface area contributed by atoms with E-state index in [4.69, 9.17) is 4.74 Å². The van der Waals surface area contributed by atoms with Crippen LogP contribution in [0.25, 0.3) is 0 Å². The Morgan fingerprint density at radius 1 is 1.57 bits per heavy atom. The van der Waals surface area contributed by atoms with Gasteiger partial charge in [0.05, 0.1) is 18.1 Å². The molecule has 0 radical (unpaired) electrons. The number of ether oxygens (including phenoxy) is 1. The maximum absolute atomic E-state index is 12.1. The number of nitro groups is 1. The molecule has 0 saturated carbocycles. The van der Waals surface area contributed by atoms with Crippen LogP contribution < -0.4 is 15.4 Å². The molecule has 1 amide bonds. The number of aliphatic hydroxyl groups excluding tert-OH is 1. The van der Waals surface area contributed by atoms with Gasteiger partial charge in [0, 0.05) is 31.6 Å². The minimum atomic E-state index is -0.611. The Balaban J connectivity index is 2.11. The van der Waals surface area contributed by atoms with Crippen LogP contribution in [0.5, 0.6) is 5.75 Å². The van der Waals surface area contributed by atoms with Gasteiger partial charge in [0.25, 0.3) is 11.6 Å². The second-order valence-electron chi connectivity index (χ2n) is 4.84. The first-order valence-electron chi connectivity index (χ1n) is 6.52. The van der Waals surface area contributed by atoms with E-state index in [0.29, 0.717) is 18.8 Å². The average molecular weight is 295 g/mol. The number of amides is 1. The summed E-state index contributed by atoms with van der Waals surface area (Å²) in [6.07, 6.45) is -0.523. The van der Waals surface area contributed by atoms with Crippen LogP contribution in [0.15, 0.2) is 18.2 Å². The molecule has 114 valence electrons. The molecule has 1 aliphatic heterocycles. The molecule has 1 aliphatic rings. The van der Waals surface area contributed by atoms with Gasteiger partial charge in [-0.05, 0) is 12.1 Å². The van der Waals surface area contributed by atoms with Crippen molar-refractivity contribution in [2.24, 2.45) is 5.92 Å². The molecule has 0 spiro atoms. The molecule has 2 rings (SSSR count). The Bertz CT molecular complexity index is 549. The number of methoxy groups -OCH3 is 1. The van der Waals surface area contributed by atoms with Gasteiger partial charge in [0.2, 0.25) is 0 Å². The van der Waals surface area contributed by atoms with Gasteiger partial charge in [0.15, 0.2) is 0 Å². The number of nitro benzene ring substituents is 1. The zero-order chi connectivity index (χ0) is 15.4. The van der Waals surface area contributed by atoms with Crippen molar-refractivity contribution in [1.82, 2.24) is 10.6 Å². The van der Waals surface area contributed by atoms with E-state index >= 15 is 0 Å². The van der Waals surface area contributed by atoms with Gasteiger partial charge in [-0.1, -0.05) is 0 Å². The smallest absolute Gasteiger partial charge is 0.282 e. The Hall–Kier alpha value is -2.19. The Kier molecular flexibility index (Phi) is 4.71. The zero-order valence-corrected chi connectivity index (χ0v) is 11.5. The van der Waals surface area contributed by atoms with Crippen molar-refractivity contribution in [1.29, 1.82) is 0 Å². The molecule has 1 saturated heterocycles. The van der Waals surface area contributed by atoms with Gasteiger partial charge in [-0.25, -0.2) is 0 Å². The van der Waals surface area contributed by atoms with E-state index in [2.05, 4.69) is 10.6 Å². The fourth-order valence-corrected chi connectivity index (χ4v) is 2.23. The summed E-state index contributed by atoms with van der Waals surface area (Å²) in [4.78, 5) is 22.5. The van der Waals surface area contributed by atoms with Gasteiger partial charge in [0.1, 0.15) is 11.3 Å². The first-order valence-corrected chi connectivity index (χ1v) is 6.52. The number of carbonyl (C=O) groups excluding carboxylic acids is 1. The molecule has 1 aromatic rings. The lowest BCUT2D eigenvalue weighted by Crippen LogP contribution is -2.34. The summed E-state index contributed by atoms with van der Waals surface area (Å²) in [5.74, 6) is -0.286. The van der Waals surface area contributed by atoms with Crippen LogP contribution in [0.4, 0.5) is 5.69 Å². The molecular formula is C13H17N3O5. The third kappa shape index (κ3) is 3.47. The van der Waals surface area contributed by atoms with E-state index in [1.807, 2.05) is 0 Å². The van der Waals surface area contributed by atoms with Gasteiger partial charge in [-0.15, -0.1) is 0 Å². The molecule has 1 heterocycles. The molecule has 2 atom stereocenters. The summed E-state index contributed by atoms with van der Waals surface area (Å²) >= 11 is 0. The van der Waals surface area contributed by atoms with Gasteiger partial charge in [-0.2, -0.15) is 0 Å². The van der Waals surface area contributed by atoms with E-state index in [0.717, 1.165) is 0 Å². The molecular weight excluding hydrogens is 278 g/mol. The van der Waals surface area contributed by atoms with Crippen molar-refractivity contribution in [3.63, 3.8) is 0 Å². The monoisotopic (exact) mass is 295 g/mol. The third-order valence-electron chi connectivity index (χ3n) is 3.47. The standard InChI is InChI=1S/C13H17N3O5/c1-21-9-2-3-11(16(19)20)10(4-9)13(18)15-6-8-5-14-7-12(8)17/h2-4,8,12,14,17H,5-7H2,1H3,(H,15,18). The highest BCUT2D eigenvalue weighted by Crippen LogP contribution is 2.24. The summed E-state index contributed by atoms with van der Waals surface area (Å²) in [6.45, 7) is 1.34. The number of aliphatic hydroxyl groups is 1. The molecule has 21 heavy (non-hydrogen) atoms. The Labute approximate surface area is 121 Å². The number of rotatable bonds is 5. The summed E-state index contributed by atoms with van der Waals surface area (Å²) < 4.78 is 4.98. The number of benzene rings is 1. The van der Waals surface area contributed by atoms with Crippen LogP contribution in [0.3, 0.4) is 0 Å². The molecule has 1 aromatic carbocycles. The quantitative estimate of drug-likeness (QED) is 0.517. The highest BCUT2D eigenvalue weighted by atomic mass is 16.6. The predicted molar refractivity (Wildman–Crippen MR) is 74.3 cm³/mol. The van der Waals surface area contributed by atoms with Crippen LogP contribution in [-0.2, 0) is 0 Å². The lowest BCUT2D eigenvalue weighted by molar-refractivity contribution is -0.385. The van der Waals surface area contributed by atoms with Gasteiger partial charge in [-0.3, -0.25) is 14.9 Å². The van der Waals surface area contributed by atoms with E-state index in [-0.39, 0.29) is 23.7 Å². The summed E-state index contributed by atoms with van der Waals surface area (Å²) in [5.41, 5.74) is -0.335. The van der Waals surface area contributed by atoms with Crippen molar-refractivity contribution >= 4 is 11.6 Å². The van der Waals surface area contributed by atoms with Crippen molar-refractivity contribution in [3.8, 4) is 5.75 Å². The number of β-amino-alcohol motifs (C(OH)–C–C–N with tert-alkyl or cyclic N) is 1. The summed E-state index contributed by atoms with van der Waals surface area (Å²) in [7, 11) is 1.42. The predicted octanol–water partition coefficient (Wildman–Crippen LogP) is -0.0865. The third-order valence-corrected chi connectivity index (χ3v) is 3.47. The molecule has 3 N–H and O–H groups in total. The van der Waals surface area contributed by atoms with E-state index in [9.17, 15) is 20.0 Å². The molecule has 0 bridgehead atoms. The van der Waals surface area contributed by atoms with E-state index in [1.165, 1.54) is 25.3 Å². The van der Waals surface area contributed by atoms with E-state index in [1.54, 1.807) is 0 Å². The van der Waals surface area contributed by atoms with Crippen LogP contribution in [0.2, 0.25) is 0 Å². The molecule has 1 fully saturated rings. The molecule has 8 heteroatoms. The van der Waals surface area contributed by atoms with Gasteiger partial charge >= 0.3 is 0 Å². The molecule has 0 aromatic heterocycles. The van der Waals surface area contributed by atoms with Crippen LogP contribution in [0.1, 0.15) is 10.4 Å². The van der Waals surface area contributed by atoms with Gasteiger partial charge < -0.3 is 20.5 Å². The maximum atomic E-state index is 12.1. The number of carbonyl (C=O) groups is 1. The zero-order valence-electron chi connectivity index (χ0n) is 11.5. The second-order valence-corrected chi connectivity index (χ2v) is 4.84. The first-order chi connectivity index (χ1) is 10.0. The molecule has 0 aliphatic carbocycles. The van der Waals surface area contributed by atoms with Crippen molar-refractivity contribution in [2.75, 3.05) is 26.7 Å². The lowest BCUT2D eigenvalue weighted by Gasteiger charge is -2.14. The Morgan fingerprint density at radius 2 is 2.33 bits per heavy atom. The van der Waals surface area contributed by atoms with Crippen LogP contribution >= 0.6 is 0 Å². The summed E-state index contributed by atoms with van der Waals surface area (Å²) in [5, 5.41) is 26.3. The van der Waals surface area contributed by atoms with E-state index < -0.39 is 16.9 Å². The van der Waals surface area contributed by atoms with Crippen molar-refractivity contribution in [2.45, 2.75) is 6.10 Å². The molecule has 2 unspecified atom stereocenters. The highest BCUT2D eigenvalue weighted by molar-refractivity contribution is 5.98. The normalized spacial score (nSPS) is 21.0. The number of hydrogen-bond donors (Lipinski definition) is 3. The number of hydrogen-bond acceptors (Lipinski definition) is 6. The fourth-order valence-electron chi connectivity index (χ4n) is 2.23. The summed E-state index contributed by atoms with van der Waals surface area (Å²) in [6, 6.07) is 4.00. The second kappa shape index (κ2) is 6.51. The lowest BCUT2D eigenvalue weighted by atomic mass is 10.1. The van der Waals surface area contributed by atoms with Crippen molar-refractivity contribution in [3.05, 3.63) is 33.9 Å². The average Bonchev–Trinajstić information content (AvgIpc) is 2.89. The van der Waals surface area contributed by atoms with Crippen molar-refractivity contribution < 1.29 is 19.6 Å². The van der Waals surface area contributed by atoms with Crippen LogP contribution in [-0.4, -0.2) is 48.8 Å². The first kappa shape index (κ1) is 15.2. The topological polar surface area (TPSA) is 114 Å². The molecule has 8 nitrogen and oxygen atoms in total. The largest absolute Gasteiger partial charge is 0.497 e. The SMILES string of the molecule is COc1ccc([N+](=O)[O-])c(C(=O)NCC2CNCC2O)c1.